The van der Waals surface area contributed by atoms with Crippen LogP contribution in [0.15, 0.2) is 18.2 Å². The van der Waals surface area contributed by atoms with Gasteiger partial charge in [0, 0.05) is 37.2 Å². The molecular weight excluding hydrogens is 266 g/mol. The topological polar surface area (TPSA) is 41.9 Å². The minimum atomic E-state index is -0.217. The Labute approximate surface area is 126 Å². The van der Waals surface area contributed by atoms with Gasteiger partial charge in [0.25, 0.3) is 0 Å². The van der Waals surface area contributed by atoms with E-state index in [1.807, 2.05) is 6.07 Å². The van der Waals surface area contributed by atoms with Crippen molar-refractivity contribution in [1.82, 2.24) is 4.90 Å². The summed E-state index contributed by atoms with van der Waals surface area (Å²) in [5, 5.41) is 9.72. The molecule has 1 N–H and O–H groups in total. The summed E-state index contributed by atoms with van der Waals surface area (Å²) >= 11 is 0. The molecule has 21 heavy (non-hydrogen) atoms. The molecule has 1 aromatic carbocycles. The summed E-state index contributed by atoms with van der Waals surface area (Å²) in [6, 6.07) is 5.83. The standard InChI is InChI=1S/C17H25NO3/c1-4-13-11-18(7-8-20-13)15-10-17(2,3)21-16-9-12(19)5-6-14(15)16/h5-6,9,13,15,19H,4,7-8,10-11H2,1-3H3. The van der Waals surface area contributed by atoms with Gasteiger partial charge < -0.3 is 14.6 Å². The van der Waals surface area contributed by atoms with E-state index in [2.05, 4.69) is 25.7 Å². The number of aromatic hydroxyl groups is 1. The molecule has 2 heterocycles. The van der Waals surface area contributed by atoms with E-state index in [0.29, 0.717) is 12.1 Å². The van der Waals surface area contributed by atoms with E-state index in [0.717, 1.165) is 38.3 Å². The second-order valence-corrected chi connectivity index (χ2v) is 6.70. The van der Waals surface area contributed by atoms with E-state index in [-0.39, 0.29) is 11.4 Å². The molecule has 0 spiro atoms. The predicted molar refractivity (Wildman–Crippen MR) is 81.8 cm³/mol. The highest BCUT2D eigenvalue weighted by Gasteiger charge is 2.38. The van der Waals surface area contributed by atoms with E-state index in [1.165, 1.54) is 5.56 Å². The first-order valence-electron chi connectivity index (χ1n) is 7.86. The van der Waals surface area contributed by atoms with Gasteiger partial charge in [-0.1, -0.05) is 13.0 Å². The third-order valence-corrected chi connectivity index (χ3v) is 4.49. The number of phenolic OH excluding ortho intramolecular Hbond substituents is 1. The van der Waals surface area contributed by atoms with Crippen LogP contribution < -0.4 is 4.74 Å². The summed E-state index contributed by atoms with van der Waals surface area (Å²) in [5.74, 6) is 1.08. The minimum Gasteiger partial charge on any atom is -0.508 e. The lowest BCUT2D eigenvalue weighted by atomic mass is 9.88. The van der Waals surface area contributed by atoms with Gasteiger partial charge in [-0.25, -0.2) is 0 Å². The van der Waals surface area contributed by atoms with Gasteiger partial charge in [-0.05, 0) is 26.3 Å². The Kier molecular flexibility index (Phi) is 3.84. The Hall–Kier alpha value is -1.26. The second kappa shape index (κ2) is 5.50. The number of phenols is 1. The summed E-state index contributed by atoms with van der Waals surface area (Å²) in [6.45, 7) is 9.13. The molecule has 0 amide bonds. The van der Waals surface area contributed by atoms with Crippen molar-refractivity contribution >= 4 is 0 Å². The number of benzene rings is 1. The highest BCUT2D eigenvalue weighted by molar-refractivity contribution is 5.44. The summed E-state index contributed by atoms with van der Waals surface area (Å²) in [6.07, 6.45) is 2.33. The fourth-order valence-electron chi connectivity index (χ4n) is 3.40. The van der Waals surface area contributed by atoms with Crippen molar-refractivity contribution in [3.05, 3.63) is 23.8 Å². The largest absolute Gasteiger partial charge is 0.508 e. The van der Waals surface area contributed by atoms with Crippen LogP contribution in [0.3, 0.4) is 0 Å². The highest BCUT2D eigenvalue weighted by Crippen LogP contribution is 2.44. The first-order valence-corrected chi connectivity index (χ1v) is 7.86. The molecular formula is C17H25NO3. The Balaban J connectivity index is 1.91. The van der Waals surface area contributed by atoms with E-state index in [4.69, 9.17) is 9.47 Å². The molecule has 1 aromatic rings. The van der Waals surface area contributed by atoms with Crippen molar-refractivity contribution in [3.63, 3.8) is 0 Å². The van der Waals surface area contributed by atoms with Gasteiger partial charge in [-0.3, -0.25) is 4.90 Å². The van der Waals surface area contributed by atoms with Crippen molar-refractivity contribution in [2.45, 2.75) is 51.4 Å². The minimum absolute atomic E-state index is 0.217. The molecule has 0 aromatic heterocycles. The number of rotatable bonds is 2. The molecule has 2 aliphatic rings. The summed E-state index contributed by atoms with van der Waals surface area (Å²) in [5.41, 5.74) is 0.967. The number of morpholine rings is 1. The number of hydrogen-bond donors (Lipinski definition) is 1. The van der Waals surface area contributed by atoms with Gasteiger partial charge >= 0.3 is 0 Å². The highest BCUT2D eigenvalue weighted by atomic mass is 16.5. The quantitative estimate of drug-likeness (QED) is 0.909. The molecule has 0 aliphatic carbocycles. The smallest absolute Gasteiger partial charge is 0.128 e. The van der Waals surface area contributed by atoms with Gasteiger partial charge in [0.05, 0.1) is 12.7 Å². The molecule has 4 nitrogen and oxygen atoms in total. The Morgan fingerprint density at radius 3 is 2.95 bits per heavy atom. The van der Waals surface area contributed by atoms with Crippen LogP contribution in [0.4, 0.5) is 0 Å². The van der Waals surface area contributed by atoms with Crippen molar-refractivity contribution in [2.75, 3.05) is 19.7 Å². The molecule has 1 fully saturated rings. The van der Waals surface area contributed by atoms with Crippen LogP contribution in [-0.4, -0.2) is 41.4 Å². The first-order chi connectivity index (χ1) is 9.98. The van der Waals surface area contributed by atoms with Gasteiger partial charge in [0.2, 0.25) is 0 Å². The third-order valence-electron chi connectivity index (χ3n) is 4.49. The lowest BCUT2D eigenvalue weighted by Gasteiger charge is -2.45. The Bertz CT molecular complexity index is 515. The van der Waals surface area contributed by atoms with Gasteiger partial charge in [-0.2, -0.15) is 0 Å². The molecule has 0 radical (unpaired) electrons. The zero-order valence-corrected chi connectivity index (χ0v) is 13.1. The normalized spacial score (nSPS) is 28.7. The van der Waals surface area contributed by atoms with Crippen molar-refractivity contribution < 1.29 is 14.6 Å². The van der Waals surface area contributed by atoms with E-state index < -0.39 is 0 Å². The third kappa shape index (κ3) is 3.01. The van der Waals surface area contributed by atoms with Crippen LogP contribution >= 0.6 is 0 Å². The molecule has 116 valence electrons. The maximum atomic E-state index is 9.72. The van der Waals surface area contributed by atoms with E-state index >= 15 is 0 Å². The molecule has 4 heteroatoms. The summed E-state index contributed by atoms with van der Waals surface area (Å²) in [4.78, 5) is 2.51. The molecule has 1 saturated heterocycles. The van der Waals surface area contributed by atoms with E-state index in [1.54, 1.807) is 12.1 Å². The average Bonchev–Trinajstić information content (AvgIpc) is 2.45. The molecule has 0 saturated carbocycles. The van der Waals surface area contributed by atoms with Crippen LogP contribution in [0, 0.1) is 0 Å². The molecule has 0 bridgehead atoms. The summed E-state index contributed by atoms with van der Waals surface area (Å²) < 4.78 is 11.9. The van der Waals surface area contributed by atoms with Gasteiger partial charge in [-0.15, -0.1) is 0 Å². The van der Waals surface area contributed by atoms with Gasteiger partial charge in [0.15, 0.2) is 0 Å². The fourth-order valence-corrected chi connectivity index (χ4v) is 3.40. The number of fused-ring (bicyclic) bond motifs is 1. The van der Waals surface area contributed by atoms with Crippen LogP contribution in [0.5, 0.6) is 11.5 Å². The van der Waals surface area contributed by atoms with Crippen LogP contribution in [-0.2, 0) is 4.74 Å². The monoisotopic (exact) mass is 291 g/mol. The Morgan fingerprint density at radius 1 is 1.38 bits per heavy atom. The lowest BCUT2D eigenvalue weighted by Crippen LogP contribution is -2.48. The van der Waals surface area contributed by atoms with Crippen LogP contribution in [0.2, 0.25) is 0 Å². The SMILES string of the molecule is CCC1CN(C2CC(C)(C)Oc3cc(O)ccc32)CCO1. The fraction of sp³-hybridized carbons (Fsp3) is 0.647. The maximum Gasteiger partial charge on any atom is 0.128 e. The van der Waals surface area contributed by atoms with Crippen LogP contribution in [0.1, 0.15) is 45.2 Å². The van der Waals surface area contributed by atoms with Gasteiger partial charge in [0.1, 0.15) is 17.1 Å². The first kappa shape index (κ1) is 14.7. The summed E-state index contributed by atoms with van der Waals surface area (Å²) in [7, 11) is 0. The zero-order valence-electron chi connectivity index (χ0n) is 13.1. The van der Waals surface area contributed by atoms with Crippen molar-refractivity contribution in [2.24, 2.45) is 0 Å². The van der Waals surface area contributed by atoms with E-state index in [9.17, 15) is 5.11 Å². The predicted octanol–water partition coefficient (Wildman–Crippen LogP) is 3.11. The molecule has 2 atom stereocenters. The maximum absolute atomic E-state index is 9.72. The second-order valence-electron chi connectivity index (χ2n) is 6.70. The number of hydrogen-bond acceptors (Lipinski definition) is 4. The average molecular weight is 291 g/mol. The van der Waals surface area contributed by atoms with Crippen LogP contribution in [0.25, 0.3) is 0 Å². The molecule has 2 aliphatic heterocycles. The number of ether oxygens (including phenoxy) is 2. The zero-order chi connectivity index (χ0) is 15.0. The van der Waals surface area contributed by atoms with Crippen molar-refractivity contribution in [1.29, 1.82) is 0 Å². The number of nitrogens with zero attached hydrogens (tertiary/aromatic N) is 1. The Morgan fingerprint density at radius 2 is 2.19 bits per heavy atom. The molecule has 2 unspecified atom stereocenters. The van der Waals surface area contributed by atoms with Crippen molar-refractivity contribution in [3.8, 4) is 11.5 Å². The molecule has 3 rings (SSSR count). The lowest BCUT2D eigenvalue weighted by molar-refractivity contribution is -0.0625.